The van der Waals surface area contributed by atoms with Crippen molar-refractivity contribution in [1.82, 2.24) is 4.90 Å². The van der Waals surface area contributed by atoms with Crippen LogP contribution < -0.4 is 0 Å². The van der Waals surface area contributed by atoms with E-state index in [1.165, 1.54) is 0 Å². The van der Waals surface area contributed by atoms with Crippen LogP contribution in [0.15, 0.2) is 33.6 Å². The van der Waals surface area contributed by atoms with E-state index < -0.39 is 10.0 Å². The molecular weight excluding hydrogens is 248 g/mol. The zero-order valence-electron chi connectivity index (χ0n) is 10.8. The van der Waals surface area contributed by atoms with Gasteiger partial charge in [0.15, 0.2) is 0 Å². The first-order chi connectivity index (χ1) is 8.49. The second-order valence-electron chi connectivity index (χ2n) is 4.62. The number of likely N-dealkylation sites (tertiary alicyclic amines) is 1. The normalized spacial score (nSPS) is 17.2. The van der Waals surface area contributed by atoms with Crippen LogP contribution in [0.4, 0.5) is 0 Å². The van der Waals surface area contributed by atoms with Crippen LogP contribution in [0.25, 0.3) is 0 Å². The molecule has 0 unspecified atom stereocenters. The zero-order valence-corrected chi connectivity index (χ0v) is 11.6. The number of hydrogen-bond donors (Lipinski definition) is 0. The Hall–Kier alpha value is -1.36. The maximum absolute atomic E-state index is 12.1. The third kappa shape index (κ3) is 2.90. The maximum atomic E-state index is 12.1. The monoisotopic (exact) mass is 266 g/mol. The molecule has 5 heteroatoms. The molecule has 98 valence electrons. The minimum absolute atomic E-state index is 0.256. The lowest BCUT2D eigenvalue weighted by atomic mass is 10.2. The zero-order chi connectivity index (χ0) is 13.2. The van der Waals surface area contributed by atoms with Crippen LogP contribution in [-0.4, -0.2) is 32.2 Å². The van der Waals surface area contributed by atoms with Crippen molar-refractivity contribution in [2.45, 2.75) is 31.6 Å². The van der Waals surface area contributed by atoms with Gasteiger partial charge in [-0.3, -0.25) is 0 Å². The van der Waals surface area contributed by atoms with Gasteiger partial charge in [0.05, 0.1) is 4.90 Å². The predicted molar refractivity (Wildman–Crippen MR) is 72.3 cm³/mol. The molecule has 0 amide bonds. The SMILES string of the molecule is C/C(=N/S(=O)(=O)c1ccc(C)cc1)N1CCCC1. The highest BCUT2D eigenvalue weighted by molar-refractivity contribution is 7.90. The van der Waals surface area contributed by atoms with Crippen LogP contribution in [0.1, 0.15) is 25.3 Å². The summed E-state index contributed by atoms with van der Waals surface area (Å²) in [5.74, 6) is 0.591. The molecule has 0 radical (unpaired) electrons. The fraction of sp³-hybridized carbons (Fsp3) is 0.462. The molecule has 18 heavy (non-hydrogen) atoms. The number of rotatable bonds is 2. The van der Waals surface area contributed by atoms with Crippen molar-refractivity contribution in [2.24, 2.45) is 4.40 Å². The van der Waals surface area contributed by atoms with E-state index in [0.717, 1.165) is 31.5 Å². The minimum Gasteiger partial charge on any atom is -0.360 e. The molecule has 1 aliphatic heterocycles. The van der Waals surface area contributed by atoms with Gasteiger partial charge in [-0.2, -0.15) is 8.42 Å². The largest absolute Gasteiger partial charge is 0.360 e. The Labute approximate surface area is 108 Å². The third-order valence-electron chi connectivity index (χ3n) is 3.13. The van der Waals surface area contributed by atoms with Gasteiger partial charge in [0.1, 0.15) is 5.84 Å². The Balaban J connectivity index is 2.25. The van der Waals surface area contributed by atoms with Crippen LogP contribution in [0, 0.1) is 6.92 Å². The predicted octanol–water partition coefficient (Wildman–Crippen LogP) is 2.20. The highest BCUT2D eigenvalue weighted by Gasteiger charge is 2.17. The van der Waals surface area contributed by atoms with Gasteiger partial charge < -0.3 is 4.90 Å². The molecule has 0 aliphatic carbocycles. The molecule has 0 N–H and O–H groups in total. The number of hydrogen-bond acceptors (Lipinski definition) is 2. The number of benzene rings is 1. The average molecular weight is 266 g/mol. The summed E-state index contributed by atoms with van der Waals surface area (Å²) < 4.78 is 28.1. The molecule has 2 rings (SSSR count). The van der Waals surface area contributed by atoms with Crippen molar-refractivity contribution >= 4 is 15.9 Å². The highest BCUT2D eigenvalue weighted by atomic mass is 32.2. The lowest BCUT2D eigenvalue weighted by molar-refractivity contribution is 0.516. The number of nitrogens with zero attached hydrogens (tertiary/aromatic N) is 2. The summed E-state index contributed by atoms with van der Waals surface area (Å²) in [5.41, 5.74) is 1.04. The lowest BCUT2D eigenvalue weighted by Gasteiger charge is -2.16. The van der Waals surface area contributed by atoms with Gasteiger partial charge in [-0.15, -0.1) is 4.40 Å². The standard InChI is InChI=1S/C13H18N2O2S/c1-11-5-7-13(8-6-11)18(16,17)14-12(2)15-9-3-4-10-15/h5-8H,3-4,9-10H2,1-2H3/b14-12-. The van der Waals surface area contributed by atoms with E-state index in [1.807, 2.05) is 11.8 Å². The fourth-order valence-electron chi connectivity index (χ4n) is 2.04. The molecule has 1 aromatic rings. The van der Waals surface area contributed by atoms with E-state index in [4.69, 9.17) is 0 Å². The van der Waals surface area contributed by atoms with Crippen LogP contribution in [0.3, 0.4) is 0 Å². The molecule has 0 saturated carbocycles. The van der Waals surface area contributed by atoms with Crippen molar-refractivity contribution in [3.63, 3.8) is 0 Å². The van der Waals surface area contributed by atoms with E-state index in [2.05, 4.69) is 4.40 Å². The molecule has 1 aromatic carbocycles. The van der Waals surface area contributed by atoms with Gasteiger partial charge in [-0.25, -0.2) is 0 Å². The Morgan fingerprint density at radius 1 is 1.17 bits per heavy atom. The molecule has 1 saturated heterocycles. The van der Waals surface area contributed by atoms with Gasteiger partial charge in [-0.05, 0) is 38.8 Å². The summed E-state index contributed by atoms with van der Waals surface area (Å²) in [6.07, 6.45) is 2.22. The first-order valence-electron chi connectivity index (χ1n) is 6.12. The molecule has 4 nitrogen and oxygen atoms in total. The van der Waals surface area contributed by atoms with Crippen molar-refractivity contribution < 1.29 is 8.42 Å². The topological polar surface area (TPSA) is 49.7 Å². The quantitative estimate of drug-likeness (QED) is 0.609. The van der Waals surface area contributed by atoms with Crippen LogP contribution in [0.2, 0.25) is 0 Å². The second-order valence-corrected chi connectivity index (χ2v) is 6.22. The van der Waals surface area contributed by atoms with Crippen molar-refractivity contribution in [2.75, 3.05) is 13.1 Å². The first kappa shape index (κ1) is 13.1. The smallest absolute Gasteiger partial charge is 0.283 e. The fourth-order valence-corrected chi connectivity index (χ4v) is 3.08. The number of sulfonamides is 1. The summed E-state index contributed by atoms with van der Waals surface area (Å²) in [4.78, 5) is 2.28. The first-order valence-corrected chi connectivity index (χ1v) is 7.56. The molecule has 1 aliphatic rings. The molecule has 0 aromatic heterocycles. The maximum Gasteiger partial charge on any atom is 0.283 e. The van der Waals surface area contributed by atoms with Gasteiger partial charge in [0.2, 0.25) is 0 Å². The lowest BCUT2D eigenvalue weighted by Crippen LogP contribution is -2.26. The molecule has 0 bridgehead atoms. The van der Waals surface area contributed by atoms with E-state index >= 15 is 0 Å². The number of amidine groups is 1. The average Bonchev–Trinajstić information content (AvgIpc) is 2.82. The minimum atomic E-state index is -3.57. The van der Waals surface area contributed by atoms with Crippen LogP contribution >= 0.6 is 0 Å². The summed E-state index contributed by atoms with van der Waals surface area (Å²) in [7, 11) is -3.57. The summed E-state index contributed by atoms with van der Waals surface area (Å²) in [5, 5.41) is 0. The van der Waals surface area contributed by atoms with Gasteiger partial charge >= 0.3 is 0 Å². The Morgan fingerprint density at radius 2 is 1.72 bits per heavy atom. The molecular formula is C13H18N2O2S. The van der Waals surface area contributed by atoms with Crippen molar-refractivity contribution in [1.29, 1.82) is 0 Å². The van der Waals surface area contributed by atoms with Crippen molar-refractivity contribution in [3.05, 3.63) is 29.8 Å². The number of aryl methyl sites for hydroxylation is 1. The second kappa shape index (κ2) is 5.10. The van der Waals surface area contributed by atoms with E-state index in [-0.39, 0.29) is 4.90 Å². The Bertz CT molecular complexity index is 541. The summed E-state index contributed by atoms with van der Waals surface area (Å²) in [6.45, 7) is 5.49. The Morgan fingerprint density at radius 3 is 2.28 bits per heavy atom. The molecule has 0 spiro atoms. The molecule has 1 fully saturated rings. The highest BCUT2D eigenvalue weighted by Crippen LogP contribution is 2.15. The molecule has 1 heterocycles. The van der Waals surface area contributed by atoms with Crippen LogP contribution in [0.5, 0.6) is 0 Å². The van der Waals surface area contributed by atoms with Gasteiger partial charge in [0, 0.05) is 13.1 Å². The van der Waals surface area contributed by atoms with Gasteiger partial charge in [-0.1, -0.05) is 17.7 Å². The summed E-state index contributed by atoms with van der Waals surface area (Å²) >= 11 is 0. The van der Waals surface area contributed by atoms with Gasteiger partial charge in [0.25, 0.3) is 10.0 Å². The van der Waals surface area contributed by atoms with E-state index in [9.17, 15) is 8.42 Å². The molecule has 0 atom stereocenters. The summed E-state index contributed by atoms with van der Waals surface area (Å²) in [6, 6.07) is 6.78. The van der Waals surface area contributed by atoms with Crippen molar-refractivity contribution in [3.8, 4) is 0 Å². The third-order valence-corrected chi connectivity index (χ3v) is 4.51. The Kier molecular flexibility index (Phi) is 3.71. The van der Waals surface area contributed by atoms with E-state index in [1.54, 1.807) is 31.2 Å². The van der Waals surface area contributed by atoms with Crippen LogP contribution in [-0.2, 0) is 10.0 Å². The van der Waals surface area contributed by atoms with E-state index in [0.29, 0.717) is 5.84 Å².